The lowest BCUT2D eigenvalue weighted by Gasteiger charge is -2.26. The van der Waals surface area contributed by atoms with Crippen molar-refractivity contribution in [1.29, 1.82) is 0 Å². The maximum atomic E-state index is 14.3. The molecule has 1 aliphatic rings. The molecule has 148 valence electrons. The lowest BCUT2D eigenvalue weighted by atomic mass is 9.98. The van der Waals surface area contributed by atoms with Gasteiger partial charge in [0, 0.05) is 5.56 Å². The highest BCUT2D eigenvalue weighted by Crippen LogP contribution is 2.30. The van der Waals surface area contributed by atoms with Crippen LogP contribution in [0.3, 0.4) is 0 Å². The SMILES string of the molecule is O=c1[nH]c2cnc(-n3cnc4ccccc43)nc2n1C1COCc2c(F)cccc21. The number of rotatable bonds is 2. The van der Waals surface area contributed by atoms with Crippen LogP contribution in [0.4, 0.5) is 4.39 Å². The summed E-state index contributed by atoms with van der Waals surface area (Å²) in [6, 6.07) is 12.0. The monoisotopic (exact) mass is 402 g/mol. The minimum Gasteiger partial charge on any atom is -0.374 e. The van der Waals surface area contributed by atoms with Crippen LogP contribution in [-0.4, -0.2) is 35.7 Å². The third-order valence-corrected chi connectivity index (χ3v) is 5.46. The maximum Gasteiger partial charge on any atom is 0.328 e. The van der Waals surface area contributed by atoms with Crippen LogP contribution in [-0.2, 0) is 11.3 Å². The fourth-order valence-electron chi connectivity index (χ4n) is 4.05. The fourth-order valence-corrected chi connectivity index (χ4v) is 4.05. The molecule has 1 unspecified atom stereocenters. The molecule has 0 aliphatic carbocycles. The Bertz CT molecular complexity index is 1480. The topological polar surface area (TPSA) is 90.6 Å². The van der Waals surface area contributed by atoms with Gasteiger partial charge in [-0.25, -0.2) is 19.2 Å². The van der Waals surface area contributed by atoms with Crippen molar-refractivity contribution in [3.63, 3.8) is 0 Å². The predicted molar refractivity (Wildman–Crippen MR) is 107 cm³/mol. The van der Waals surface area contributed by atoms with E-state index in [1.807, 2.05) is 30.3 Å². The molecule has 5 aromatic rings. The first-order valence-electron chi connectivity index (χ1n) is 9.45. The summed E-state index contributed by atoms with van der Waals surface area (Å²) in [5, 5.41) is 0. The van der Waals surface area contributed by atoms with E-state index in [2.05, 4.69) is 19.9 Å². The molecular formula is C21H15FN6O2. The van der Waals surface area contributed by atoms with Gasteiger partial charge in [0.1, 0.15) is 17.7 Å². The van der Waals surface area contributed by atoms with Crippen LogP contribution in [0, 0.1) is 5.82 Å². The molecule has 2 aromatic carbocycles. The summed E-state index contributed by atoms with van der Waals surface area (Å²) in [4.78, 5) is 29.0. The van der Waals surface area contributed by atoms with E-state index < -0.39 is 6.04 Å². The molecule has 0 saturated heterocycles. The molecule has 4 heterocycles. The lowest BCUT2D eigenvalue weighted by molar-refractivity contribution is 0.0810. The lowest BCUT2D eigenvalue weighted by Crippen LogP contribution is -2.30. The van der Waals surface area contributed by atoms with E-state index >= 15 is 0 Å². The molecule has 0 fully saturated rings. The van der Waals surface area contributed by atoms with Crippen molar-refractivity contribution in [1.82, 2.24) is 29.1 Å². The number of halogens is 1. The molecule has 0 saturated carbocycles. The molecule has 0 amide bonds. The van der Waals surface area contributed by atoms with Crippen LogP contribution < -0.4 is 5.69 Å². The summed E-state index contributed by atoms with van der Waals surface area (Å²) in [6.07, 6.45) is 3.22. The van der Waals surface area contributed by atoms with Crippen molar-refractivity contribution in [3.05, 3.63) is 82.4 Å². The van der Waals surface area contributed by atoms with E-state index in [9.17, 15) is 9.18 Å². The molecule has 1 aliphatic heterocycles. The zero-order chi connectivity index (χ0) is 20.2. The van der Waals surface area contributed by atoms with Crippen molar-refractivity contribution in [2.24, 2.45) is 0 Å². The predicted octanol–water partition coefficient (Wildman–Crippen LogP) is 2.72. The van der Waals surface area contributed by atoms with E-state index in [-0.39, 0.29) is 24.7 Å². The van der Waals surface area contributed by atoms with E-state index in [0.29, 0.717) is 22.7 Å². The Hall–Kier alpha value is -3.85. The van der Waals surface area contributed by atoms with Gasteiger partial charge in [-0.3, -0.25) is 9.13 Å². The van der Waals surface area contributed by atoms with Gasteiger partial charge >= 0.3 is 5.69 Å². The van der Waals surface area contributed by atoms with Crippen molar-refractivity contribution in [2.75, 3.05) is 6.61 Å². The number of nitrogens with one attached hydrogen (secondary N) is 1. The van der Waals surface area contributed by atoms with Gasteiger partial charge in [-0.05, 0) is 23.8 Å². The van der Waals surface area contributed by atoms with Gasteiger partial charge in [0.05, 0.1) is 36.5 Å². The Morgan fingerprint density at radius 2 is 2.03 bits per heavy atom. The van der Waals surface area contributed by atoms with Gasteiger partial charge in [-0.2, -0.15) is 4.98 Å². The number of aromatic amines is 1. The van der Waals surface area contributed by atoms with Gasteiger partial charge in [0.15, 0.2) is 5.65 Å². The Kier molecular flexibility index (Phi) is 3.59. The highest BCUT2D eigenvalue weighted by atomic mass is 19.1. The maximum absolute atomic E-state index is 14.3. The fraction of sp³-hybridized carbons (Fsp3) is 0.143. The molecule has 9 heteroatoms. The molecule has 1 N–H and O–H groups in total. The molecule has 8 nitrogen and oxygen atoms in total. The average molecular weight is 402 g/mol. The quantitative estimate of drug-likeness (QED) is 0.490. The highest BCUT2D eigenvalue weighted by molar-refractivity contribution is 5.77. The van der Waals surface area contributed by atoms with Crippen LogP contribution in [0.5, 0.6) is 0 Å². The van der Waals surface area contributed by atoms with Gasteiger partial charge in [-0.15, -0.1) is 0 Å². The number of benzene rings is 2. The van der Waals surface area contributed by atoms with Gasteiger partial charge in [0.2, 0.25) is 5.95 Å². The van der Waals surface area contributed by atoms with Crippen LogP contribution in [0.15, 0.2) is 59.8 Å². The first-order chi connectivity index (χ1) is 14.7. The number of para-hydroxylation sites is 2. The third kappa shape index (κ3) is 2.42. The van der Waals surface area contributed by atoms with Crippen molar-refractivity contribution >= 4 is 22.2 Å². The molecule has 0 bridgehead atoms. The summed E-state index contributed by atoms with van der Waals surface area (Å²) >= 11 is 0. The van der Waals surface area contributed by atoms with Crippen molar-refractivity contribution in [2.45, 2.75) is 12.6 Å². The number of hydrogen-bond acceptors (Lipinski definition) is 5. The zero-order valence-electron chi connectivity index (χ0n) is 15.6. The zero-order valence-corrected chi connectivity index (χ0v) is 15.6. The molecular weight excluding hydrogens is 387 g/mol. The second-order valence-corrected chi connectivity index (χ2v) is 7.15. The van der Waals surface area contributed by atoms with E-state index in [1.165, 1.54) is 10.6 Å². The number of aromatic nitrogens is 6. The van der Waals surface area contributed by atoms with E-state index in [4.69, 9.17) is 4.74 Å². The number of imidazole rings is 2. The minimum absolute atomic E-state index is 0.177. The summed E-state index contributed by atoms with van der Waals surface area (Å²) in [5.74, 6) is 0.0467. The van der Waals surface area contributed by atoms with E-state index in [1.54, 1.807) is 23.2 Å². The number of ether oxygens (including phenoxy) is 1. The molecule has 6 rings (SSSR count). The summed E-state index contributed by atoms with van der Waals surface area (Å²) in [6.45, 7) is 0.424. The van der Waals surface area contributed by atoms with Gasteiger partial charge < -0.3 is 9.72 Å². The van der Waals surface area contributed by atoms with E-state index in [0.717, 1.165) is 16.6 Å². The standard InChI is InChI=1S/C21H15FN6O2/c22-14-5-3-4-12-13(14)9-30-10-18(12)28-19-16(25-21(28)29)8-23-20(26-19)27-11-24-15-6-1-2-7-17(15)27/h1-8,11,18H,9-10H2,(H,25,29). The van der Waals surface area contributed by atoms with Crippen molar-refractivity contribution < 1.29 is 9.13 Å². The van der Waals surface area contributed by atoms with Crippen LogP contribution in [0.2, 0.25) is 0 Å². The molecule has 0 radical (unpaired) electrons. The number of nitrogens with zero attached hydrogens (tertiary/aromatic N) is 5. The molecule has 1 atom stereocenters. The summed E-state index contributed by atoms with van der Waals surface area (Å²) in [5.41, 5.74) is 3.43. The Balaban J connectivity index is 1.57. The Morgan fingerprint density at radius 3 is 2.97 bits per heavy atom. The van der Waals surface area contributed by atoms with Crippen LogP contribution in [0.25, 0.3) is 28.1 Å². The van der Waals surface area contributed by atoms with Crippen LogP contribution in [0.1, 0.15) is 17.2 Å². The highest BCUT2D eigenvalue weighted by Gasteiger charge is 2.28. The summed E-state index contributed by atoms with van der Waals surface area (Å²) in [7, 11) is 0. The average Bonchev–Trinajstić information content (AvgIpc) is 3.33. The third-order valence-electron chi connectivity index (χ3n) is 5.46. The van der Waals surface area contributed by atoms with Crippen LogP contribution >= 0.6 is 0 Å². The second kappa shape index (κ2) is 6.33. The first kappa shape index (κ1) is 17.0. The first-order valence-corrected chi connectivity index (χ1v) is 9.45. The second-order valence-electron chi connectivity index (χ2n) is 7.15. The van der Waals surface area contributed by atoms with Crippen molar-refractivity contribution in [3.8, 4) is 5.95 Å². The smallest absolute Gasteiger partial charge is 0.328 e. The molecule has 3 aromatic heterocycles. The minimum atomic E-state index is -0.493. The molecule has 30 heavy (non-hydrogen) atoms. The number of fused-ring (bicyclic) bond motifs is 3. The van der Waals surface area contributed by atoms with Gasteiger partial charge in [-0.1, -0.05) is 24.3 Å². The largest absolute Gasteiger partial charge is 0.374 e. The normalized spacial score (nSPS) is 16.2. The Morgan fingerprint density at radius 1 is 1.13 bits per heavy atom. The molecule has 0 spiro atoms. The number of H-pyrrole nitrogens is 1. The number of hydrogen-bond donors (Lipinski definition) is 1. The Labute approximate surface area is 168 Å². The van der Waals surface area contributed by atoms with Gasteiger partial charge in [0.25, 0.3) is 0 Å². The summed E-state index contributed by atoms with van der Waals surface area (Å²) < 4.78 is 23.2.